The van der Waals surface area contributed by atoms with Crippen molar-refractivity contribution >= 4 is 48.8 Å². The largest absolute Gasteiger partial charge is 0.774 e. The normalized spacial score (nSPS) is 23.4. The van der Waals surface area contributed by atoms with E-state index in [9.17, 15) is 0 Å². The molecule has 0 atom stereocenters. The fraction of sp³-hybridized carbons (Fsp3) is 0.143. The van der Waals surface area contributed by atoms with E-state index in [4.69, 9.17) is 25.3 Å². The zero-order valence-electron chi connectivity index (χ0n) is 9.46. The highest BCUT2D eigenvalue weighted by molar-refractivity contribution is 8.22. The third kappa shape index (κ3) is 2.35. The van der Waals surface area contributed by atoms with Gasteiger partial charge in [0.2, 0.25) is 0 Å². The molecule has 3 rings (SSSR count). The minimum Gasteiger partial charge on any atom is -0.774 e. The van der Waals surface area contributed by atoms with Crippen LogP contribution < -0.4 is 0 Å². The molecule has 0 spiro atoms. The van der Waals surface area contributed by atoms with Crippen LogP contribution in [-0.4, -0.2) is 0 Å². The molecule has 0 radical (unpaired) electrons. The van der Waals surface area contributed by atoms with Crippen molar-refractivity contribution in [3.05, 3.63) is 66.4 Å². The number of thioether (sulfide) groups is 2. The average molecular weight is 307 g/mol. The molecule has 0 nitrogen and oxygen atoms in total. The van der Waals surface area contributed by atoms with Crippen molar-refractivity contribution < 1.29 is 0 Å². The molecule has 0 N–H and O–H groups in total. The lowest BCUT2D eigenvalue weighted by molar-refractivity contribution is 1.06. The predicted octanol–water partition coefficient (Wildman–Crippen LogP) is 4.53. The standard InChI is InChI=1S/C14H12S4/c15-13-14(16)18-12(10-7-3-4-8-10)11(17-13)9-5-1-2-6-9/h1-3,5-9,15-16H,4H2/p-2. The topological polar surface area (TPSA) is 0 Å². The summed E-state index contributed by atoms with van der Waals surface area (Å²) in [6.45, 7) is 0. The van der Waals surface area contributed by atoms with Crippen LogP contribution in [-0.2, 0) is 25.3 Å². The van der Waals surface area contributed by atoms with Crippen molar-refractivity contribution in [2.75, 3.05) is 0 Å². The van der Waals surface area contributed by atoms with Gasteiger partial charge in [0.15, 0.2) is 0 Å². The molecule has 4 heteroatoms. The highest BCUT2D eigenvalue weighted by Crippen LogP contribution is 2.51. The van der Waals surface area contributed by atoms with E-state index in [0.717, 1.165) is 14.9 Å². The van der Waals surface area contributed by atoms with Crippen molar-refractivity contribution in [3.8, 4) is 0 Å². The molecule has 92 valence electrons. The van der Waals surface area contributed by atoms with Crippen LogP contribution in [0.1, 0.15) is 6.42 Å². The molecular weight excluding hydrogens is 296 g/mol. The van der Waals surface area contributed by atoms with Crippen LogP contribution in [0.15, 0.2) is 66.4 Å². The SMILES string of the molecule is [S-]C1=C([S-])SC(C2C=CC=C2)=C(C2=CCC=C2)S1. The summed E-state index contributed by atoms with van der Waals surface area (Å²) in [7, 11) is 0. The van der Waals surface area contributed by atoms with E-state index < -0.39 is 0 Å². The second kappa shape index (κ2) is 5.29. The molecule has 0 aromatic rings. The summed E-state index contributed by atoms with van der Waals surface area (Å²) in [6, 6.07) is 0. The van der Waals surface area contributed by atoms with Gasteiger partial charge in [0, 0.05) is 15.7 Å². The van der Waals surface area contributed by atoms with Crippen molar-refractivity contribution in [3.63, 3.8) is 0 Å². The van der Waals surface area contributed by atoms with Gasteiger partial charge in [-0.3, -0.25) is 0 Å². The molecule has 0 unspecified atom stereocenters. The maximum absolute atomic E-state index is 5.35. The average Bonchev–Trinajstić information content (AvgIpc) is 3.02. The fourth-order valence-electron chi connectivity index (χ4n) is 2.03. The maximum atomic E-state index is 5.35. The lowest BCUT2D eigenvalue weighted by Gasteiger charge is -2.33. The third-order valence-electron chi connectivity index (χ3n) is 2.87. The molecule has 0 fully saturated rings. The minimum absolute atomic E-state index is 0.355. The van der Waals surface area contributed by atoms with Crippen LogP contribution in [0, 0.1) is 5.92 Å². The van der Waals surface area contributed by atoms with E-state index >= 15 is 0 Å². The third-order valence-corrected chi connectivity index (χ3v) is 6.56. The summed E-state index contributed by atoms with van der Waals surface area (Å²) >= 11 is 14.0. The maximum Gasteiger partial charge on any atom is 0.0279 e. The molecule has 18 heavy (non-hydrogen) atoms. The summed E-state index contributed by atoms with van der Waals surface area (Å²) < 4.78 is 1.67. The Kier molecular flexibility index (Phi) is 3.71. The van der Waals surface area contributed by atoms with Gasteiger partial charge in [-0.1, -0.05) is 42.5 Å². The minimum atomic E-state index is 0.355. The second-order valence-electron chi connectivity index (χ2n) is 4.07. The van der Waals surface area contributed by atoms with Gasteiger partial charge in [0.25, 0.3) is 0 Å². The Labute approximate surface area is 127 Å². The van der Waals surface area contributed by atoms with Crippen LogP contribution in [0.25, 0.3) is 0 Å². The van der Waals surface area contributed by atoms with Crippen LogP contribution in [0.5, 0.6) is 0 Å². The highest BCUT2D eigenvalue weighted by atomic mass is 32.2. The Morgan fingerprint density at radius 2 is 1.78 bits per heavy atom. The molecule has 1 aliphatic heterocycles. The van der Waals surface area contributed by atoms with E-state index in [0.29, 0.717) is 5.92 Å². The van der Waals surface area contributed by atoms with Crippen LogP contribution in [0.2, 0.25) is 0 Å². The van der Waals surface area contributed by atoms with Crippen molar-refractivity contribution in [1.82, 2.24) is 0 Å². The molecule has 0 bridgehead atoms. The van der Waals surface area contributed by atoms with Crippen molar-refractivity contribution in [1.29, 1.82) is 0 Å². The Morgan fingerprint density at radius 1 is 1.06 bits per heavy atom. The molecular formula is C14H10S4-2. The van der Waals surface area contributed by atoms with Gasteiger partial charge in [0.05, 0.1) is 0 Å². The second-order valence-corrected chi connectivity index (χ2v) is 7.47. The number of rotatable bonds is 2. The fourth-order valence-corrected chi connectivity index (χ4v) is 4.86. The van der Waals surface area contributed by atoms with E-state index in [1.54, 1.807) is 23.5 Å². The molecule has 3 aliphatic rings. The van der Waals surface area contributed by atoms with Crippen LogP contribution in [0.4, 0.5) is 0 Å². The Bertz CT molecular complexity index is 546. The van der Waals surface area contributed by atoms with E-state index in [2.05, 4.69) is 42.5 Å². The van der Waals surface area contributed by atoms with Gasteiger partial charge in [-0.25, -0.2) is 0 Å². The lowest BCUT2D eigenvalue weighted by Crippen LogP contribution is -2.02. The first-order chi connectivity index (χ1) is 8.75. The lowest BCUT2D eigenvalue weighted by atomic mass is 10.1. The summed E-state index contributed by atoms with van der Waals surface area (Å²) in [5, 5.41) is 0. The predicted molar refractivity (Wildman–Crippen MR) is 87.6 cm³/mol. The Hall–Kier alpha value is -0.420. The summed E-state index contributed by atoms with van der Waals surface area (Å²) in [5.41, 5.74) is 1.29. The summed E-state index contributed by atoms with van der Waals surface area (Å²) in [5.74, 6) is 0.355. The van der Waals surface area contributed by atoms with E-state index in [-0.39, 0.29) is 0 Å². The van der Waals surface area contributed by atoms with Crippen LogP contribution >= 0.6 is 23.5 Å². The van der Waals surface area contributed by atoms with E-state index in [1.165, 1.54) is 15.4 Å². The molecule has 1 heterocycles. The summed E-state index contributed by atoms with van der Waals surface area (Å²) in [4.78, 5) is 2.61. The first-order valence-corrected chi connectivity index (χ1v) is 8.11. The van der Waals surface area contributed by atoms with Crippen molar-refractivity contribution in [2.24, 2.45) is 5.92 Å². The number of allylic oxidation sites excluding steroid dienone is 9. The zero-order valence-corrected chi connectivity index (χ0v) is 12.7. The molecule has 0 saturated heterocycles. The quantitative estimate of drug-likeness (QED) is 0.687. The first-order valence-electron chi connectivity index (χ1n) is 5.66. The van der Waals surface area contributed by atoms with E-state index in [1.807, 2.05) is 0 Å². The number of hydrogen-bond donors (Lipinski definition) is 0. The van der Waals surface area contributed by atoms with Gasteiger partial charge in [-0.05, 0) is 12.0 Å². The monoisotopic (exact) mass is 306 g/mol. The zero-order chi connectivity index (χ0) is 12.5. The highest BCUT2D eigenvalue weighted by Gasteiger charge is 2.21. The first kappa shape index (κ1) is 12.6. The molecule has 2 aliphatic carbocycles. The Balaban J connectivity index is 2.01. The van der Waals surface area contributed by atoms with Gasteiger partial charge >= 0.3 is 0 Å². The Morgan fingerprint density at radius 3 is 2.44 bits per heavy atom. The van der Waals surface area contributed by atoms with Gasteiger partial charge in [-0.15, -0.1) is 32.0 Å². The summed E-state index contributed by atoms with van der Waals surface area (Å²) in [6.07, 6.45) is 16.2. The van der Waals surface area contributed by atoms with Gasteiger partial charge in [0.1, 0.15) is 0 Å². The van der Waals surface area contributed by atoms with Gasteiger partial charge in [-0.2, -0.15) is 0 Å². The number of hydrogen-bond acceptors (Lipinski definition) is 4. The molecule has 0 amide bonds. The smallest absolute Gasteiger partial charge is 0.0279 e. The van der Waals surface area contributed by atoms with Crippen LogP contribution in [0.3, 0.4) is 0 Å². The molecule has 0 saturated carbocycles. The van der Waals surface area contributed by atoms with Crippen molar-refractivity contribution in [2.45, 2.75) is 6.42 Å². The van der Waals surface area contributed by atoms with Gasteiger partial charge < -0.3 is 25.3 Å². The molecule has 0 aromatic heterocycles. The molecule has 0 aromatic carbocycles.